The highest BCUT2D eigenvalue weighted by molar-refractivity contribution is 5.28. The highest BCUT2D eigenvalue weighted by atomic mass is 15.2. The van der Waals surface area contributed by atoms with Gasteiger partial charge in [-0.05, 0) is 43.9 Å². The lowest BCUT2D eigenvalue weighted by molar-refractivity contribution is 0.678. The summed E-state index contributed by atoms with van der Waals surface area (Å²) in [5, 5.41) is 4.18. The highest BCUT2D eigenvalue weighted by Gasteiger charge is 2.05. The number of hydrogen-bond donors (Lipinski definition) is 0. The molecule has 0 aliphatic carbocycles. The molecule has 0 aromatic carbocycles. The van der Waals surface area contributed by atoms with Gasteiger partial charge in [0.25, 0.3) is 0 Å². The van der Waals surface area contributed by atoms with E-state index in [2.05, 4.69) is 42.8 Å². The number of aromatic nitrogens is 3. The predicted octanol–water partition coefficient (Wildman–Crippen LogP) is 2.39. The first kappa shape index (κ1) is 11.0. The number of nitrogens with zero attached hydrogens (tertiary/aromatic N) is 3. The molecule has 0 radical (unpaired) electrons. The van der Waals surface area contributed by atoms with E-state index in [1.54, 1.807) is 0 Å². The quantitative estimate of drug-likeness (QED) is 0.774. The van der Waals surface area contributed by atoms with E-state index in [9.17, 15) is 0 Å². The summed E-state index contributed by atoms with van der Waals surface area (Å²) in [6.45, 7) is 7.58. The summed E-state index contributed by atoms with van der Waals surface area (Å²) in [5.41, 5.74) is 5.46. The van der Waals surface area contributed by atoms with Gasteiger partial charge in [-0.25, -0.2) is 0 Å². The van der Waals surface area contributed by atoms with Crippen LogP contribution in [-0.2, 0) is 20.0 Å². The molecule has 0 saturated carbocycles. The fraction of sp³-hybridized carbons (Fsp3) is 0.462. The van der Waals surface area contributed by atoms with Gasteiger partial charge in [-0.3, -0.25) is 4.68 Å². The van der Waals surface area contributed by atoms with Gasteiger partial charge >= 0.3 is 0 Å². The number of rotatable bonds is 3. The van der Waals surface area contributed by atoms with E-state index in [4.69, 9.17) is 0 Å². The Hall–Kier alpha value is -1.51. The molecule has 0 saturated heterocycles. The van der Waals surface area contributed by atoms with E-state index >= 15 is 0 Å². The average Bonchev–Trinajstić information content (AvgIpc) is 2.76. The van der Waals surface area contributed by atoms with Gasteiger partial charge in [-0.2, -0.15) is 5.10 Å². The van der Waals surface area contributed by atoms with Crippen LogP contribution in [0.5, 0.6) is 0 Å². The maximum Gasteiger partial charge on any atom is 0.0522 e. The van der Waals surface area contributed by atoms with E-state index in [-0.39, 0.29) is 0 Å². The normalized spacial score (nSPS) is 11.0. The van der Waals surface area contributed by atoms with E-state index in [0.717, 1.165) is 13.0 Å². The molecule has 2 aromatic rings. The van der Waals surface area contributed by atoms with Gasteiger partial charge in [0, 0.05) is 31.7 Å². The zero-order chi connectivity index (χ0) is 11.7. The molecule has 0 atom stereocenters. The van der Waals surface area contributed by atoms with Gasteiger partial charge in [0.15, 0.2) is 0 Å². The van der Waals surface area contributed by atoms with E-state index < -0.39 is 0 Å². The Bertz CT molecular complexity index is 491. The van der Waals surface area contributed by atoms with Gasteiger partial charge in [0.2, 0.25) is 0 Å². The molecule has 0 aliphatic rings. The van der Waals surface area contributed by atoms with Crippen LogP contribution in [-0.4, -0.2) is 14.3 Å². The number of aryl methyl sites for hydroxylation is 4. The Morgan fingerprint density at radius 1 is 1.19 bits per heavy atom. The molecule has 0 N–H and O–H groups in total. The molecule has 0 unspecified atom stereocenters. The predicted molar refractivity (Wildman–Crippen MR) is 65.6 cm³/mol. The highest BCUT2D eigenvalue weighted by Crippen LogP contribution is 2.15. The summed E-state index contributed by atoms with van der Waals surface area (Å²) in [6.07, 6.45) is 7.31. The fourth-order valence-corrected chi connectivity index (χ4v) is 2.01. The van der Waals surface area contributed by atoms with Crippen molar-refractivity contribution in [3.05, 3.63) is 41.0 Å². The Morgan fingerprint density at radius 2 is 1.94 bits per heavy atom. The van der Waals surface area contributed by atoms with Crippen molar-refractivity contribution in [2.75, 3.05) is 0 Å². The molecular formula is C13H19N3. The topological polar surface area (TPSA) is 22.8 Å². The lowest BCUT2D eigenvalue weighted by Gasteiger charge is -2.04. The van der Waals surface area contributed by atoms with Crippen molar-refractivity contribution in [1.82, 2.24) is 14.3 Å². The molecule has 0 bridgehead atoms. The molecule has 3 nitrogen and oxygen atoms in total. The lowest BCUT2D eigenvalue weighted by Crippen LogP contribution is -2.01. The second-order valence-corrected chi connectivity index (χ2v) is 4.49. The minimum Gasteiger partial charge on any atom is -0.351 e. The van der Waals surface area contributed by atoms with Crippen LogP contribution >= 0.6 is 0 Å². The maximum absolute atomic E-state index is 4.18. The first-order valence-corrected chi connectivity index (χ1v) is 5.68. The van der Waals surface area contributed by atoms with Crippen molar-refractivity contribution in [2.24, 2.45) is 7.05 Å². The van der Waals surface area contributed by atoms with Crippen molar-refractivity contribution in [1.29, 1.82) is 0 Å². The Kier molecular flexibility index (Phi) is 2.86. The van der Waals surface area contributed by atoms with Crippen LogP contribution in [0.15, 0.2) is 18.6 Å². The van der Waals surface area contributed by atoms with Gasteiger partial charge in [0.05, 0.1) is 6.20 Å². The van der Waals surface area contributed by atoms with Gasteiger partial charge in [-0.15, -0.1) is 0 Å². The third-order valence-corrected chi connectivity index (χ3v) is 3.31. The van der Waals surface area contributed by atoms with Gasteiger partial charge in [0.1, 0.15) is 0 Å². The molecule has 3 heteroatoms. The monoisotopic (exact) mass is 217 g/mol. The summed E-state index contributed by atoms with van der Waals surface area (Å²) < 4.78 is 4.19. The standard InChI is InChI=1S/C13H19N3/c1-10-8-16(12(3)11(10)2)6-5-13-7-14-15(4)9-13/h7-9H,5-6H2,1-4H3. The van der Waals surface area contributed by atoms with Crippen molar-refractivity contribution in [3.8, 4) is 0 Å². The van der Waals surface area contributed by atoms with Crippen LogP contribution in [0.1, 0.15) is 22.4 Å². The Balaban J connectivity index is 2.07. The molecule has 2 aromatic heterocycles. The Labute approximate surface area is 96.7 Å². The summed E-state index contributed by atoms with van der Waals surface area (Å²) in [4.78, 5) is 0. The zero-order valence-corrected chi connectivity index (χ0v) is 10.5. The summed E-state index contributed by atoms with van der Waals surface area (Å²) in [6, 6.07) is 0. The number of hydrogen-bond acceptors (Lipinski definition) is 1. The largest absolute Gasteiger partial charge is 0.351 e. The smallest absolute Gasteiger partial charge is 0.0522 e. The molecule has 0 spiro atoms. The zero-order valence-electron chi connectivity index (χ0n) is 10.5. The van der Waals surface area contributed by atoms with Crippen LogP contribution < -0.4 is 0 Å². The lowest BCUT2D eigenvalue weighted by atomic mass is 10.2. The maximum atomic E-state index is 4.18. The molecule has 0 aliphatic heterocycles. The molecular weight excluding hydrogens is 198 g/mol. The molecule has 0 amide bonds. The summed E-state index contributed by atoms with van der Waals surface area (Å²) in [5.74, 6) is 0. The van der Waals surface area contributed by atoms with Crippen molar-refractivity contribution in [3.63, 3.8) is 0 Å². The van der Waals surface area contributed by atoms with Crippen LogP contribution in [0.2, 0.25) is 0 Å². The average molecular weight is 217 g/mol. The molecule has 2 rings (SSSR count). The second kappa shape index (κ2) is 4.16. The first-order chi connectivity index (χ1) is 7.58. The minimum atomic E-state index is 1.03. The van der Waals surface area contributed by atoms with Crippen LogP contribution in [0.4, 0.5) is 0 Å². The van der Waals surface area contributed by atoms with E-state index in [0.29, 0.717) is 0 Å². The van der Waals surface area contributed by atoms with Crippen LogP contribution in [0.25, 0.3) is 0 Å². The van der Waals surface area contributed by atoms with E-state index in [1.165, 1.54) is 22.4 Å². The van der Waals surface area contributed by atoms with Crippen molar-refractivity contribution < 1.29 is 0 Å². The van der Waals surface area contributed by atoms with Gasteiger partial charge in [-0.1, -0.05) is 0 Å². The Morgan fingerprint density at radius 3 is 2.44 bits per heavy atom. The van der Waals surface area contributed by atoms with Crippen LogP contribution in [0.3, 0.4) is 0 Å². The third kappa shape index (κ3) is 2.03. The van der Waals surface area contributed by atoms with Crippen LogP contribution in [0, 0.1) is 20.8 Å². The second-order valence-electron chi connectivity index (χ2n) is 4.49. The van der Waals surface area contributed by atoms with Gasteiger partial charge < -0.3 is 4.57 Å². The first-order valence-electron chi connectivity index (χ1n) is 5.68. The van der Waals surface area contributed by atoms with E-state index in [1.807, 2.05) is 17.9 Å². The molecule has 16 heavy (non-hydrogen) atoms. The molecule has 86 valence electrons. The fourth-order valence-electron chi connectivity index (χ4n) is 2.01. The molecule has 2 heterocycles. The van der Waals surface area contributed by atoms with Crippen molar-refractivity contribution in [2.45, 2.75) is 33.7 Å². The minimum absolute atomic E-state index is 1.03. The SMILES string of the molecule is Cc1cn(CCc2cnn(C)c2)c(C)c1C. The molecule has 0 fully saturated rings. The van der Waals surface area contributed by atoms with Crippen molar-refractivity contribution >= 4 is 0 Å². The third-order valence-electron chi connectivity index (χ3n) is 3.31. The summed E-state index contributed by atoms with van der Waals surface area (Å²) >= 11 is 0. The summed E-state index contributed by atoms with van der Waals surface area (Å²) in [7, 11) is 1.96.